The monoisotopic (exact) mass is 256 g/mol. The maximum Gasteiger partial charge on any atom is 0.341 e. The summed E-state index contributed by atoms with van der Waals surface area (Å²) >= 11 is 1.12. The Balaban J connectivity index is 3.19. The van der Waals surface area contributed by atoms with Crippen LogP contribution in [-0.4, -0.2) is 37.5 Å². The van der Waals surface area contributed by atoms with E-state index in [0.29, 0.717) is 21.0 Å². The van der Waals surface area contributed by atoms with E-state index in [-0.39, 0.29) is 12.5 Å². The molecule has 1 aromatic rings. The molecule has 17 heavy (non-hydrogen) atoms. The van der Waals surface area contributed by atoms with E-state index < -0.39 is 5.97 Å². The molecule has 0 fully saturated rings. The molecule has 1 amide bonds. The van der Waals surface area contributed by atoms with E-state index in [4.69, 9.17) is 10.5 Å². The predicted octanol–water partition coefficient (Wildman–Crippen LogP) is 1.52. The smallest absolute Gasteiger partial charge is 0.341 e. The number of ether oxygens (including phenoxy) is 1. The molecule has 2 N–H and O–H groups in total. The maximum atomic E-state index is 11.8. The summed E-state index contributed by atoms with van der Waals surface area (Å²) in [6.07, 6.45) is 0. The average Bonchev–Trinajstić information content (AvgIpc) is 2.53. The number of hydrogen-bond donors (Lipinski definition) is 1. The topological polar surface area (TPSA) is 72.6 Å². The Morgan fingerprint density at radius 3 is 2.47 bits per heavy atom. The summed E-state index contributed by atoms with van der Waals surface area (Å²) in [5.74, 6) is -0.633. The average molecular weight is 256 g/mol. The van der Waals surface area contributed by atoms with Crippen LogP contribution in [0.5, 0.6) is 0 Å². The predicted molar refractivity (Wildman–Crippen MR) is 67.4 cm³/mol. The molecule has 94 valence electrons. The number of nitrogen functional groups attached to an aromatic ring is 1. The van der Waals surface area contributed by atoms with Gasteiger partial charge in [0.2, 0.25) is 0 Å². The van der Waals surface area contributed by atoms with Gasteiger partial charge in [0.1, 0.15) is 5.00 Å². The molecule has 0 aliphatic rings. The Hall–Kier alpha value is -1.56. The zero-order valence-electron chi connectivity index (χ0n) is 10.4. The molecule has 0 aliphatic heterocycles. The van der Waals surface area contributed by atoms with Gasteiger partial charge in [0.05, 0.1) is 17.0 Å². The van der Waals surface area contributed by atoms with Gasteiger partial charge in [-0.15, -0.1) is 11.3 Å². The fourth-order valence-electron chi connectivity index (χ4n) is 1.40. The highest BCUT2D eigenvalue weighted by Crippen LogP contribution is 2.31. The Morgan fingerprint density at radius 2 is 2.00 bits per heavy atom. The number of hydrogen-bond acceptors (Lipinski definition) is 5. The molecule has 0 spiro atoms. The first-order valence-corrected chi connectivity index (χ1v) is 5.99. The van der Waals surface area contributed by atoms with Gasteiger partial charge >= 0.3 is 5.97 Å². The molecule has 5 nitrogen and oxygen atoms in total. The van der Waals surface area contributed by atoms with Gasteiger partial charge in [-0.05, 0) is 19.4 Å². The molecule has 1 aromatic heterocycles. The molecular formula is C11H16N2O3S. The molecule has 0 unspecified atom stereocenters. The Bertz CT molecular complexity index is 452. The Morgan fingerprint density at radius 1 is 1.41 bits per heavy atom. The number of esters is 1. The highest BCUT2D eigenvalue weighted by molar-refractivity contribution is 7.18. The summed E-state index contributed by atoms with van der Waals surface area (Å²) in [6, 6.07) is 0. The highest BCUT2D eigenvalue weighted by atomic mass is 32.1. The van der Waals surface area contributed by atoms with Crippen LogP contribution < -0.4 is 5.73 Å². The molecular weight excluding hydrogens is 240 g/mol. The molecule has 0 aromatic carbocycles. The molecule has 1 rings (SSSR count). The molecule has 0 bridgehead atoms. The summed E-state index contributed by atoms with van der Waals surface area (Å²) in [7, 11) is 3.31. The van der Waals surface area contributed by atoms with Crippen LogP contribution in [0.3, 0.4) is 0 Å². The largest absolute Gasteiger partial charge is 0.462 e. The van der Waals surface area contributed by atoms with Crippen molar-refractivity contribution in [2.75, 3.05) is 26.4 Å². The van der Waals surface area contributed by atoms with Gasteiger partial charge in [0, 0.05) is 14.1 Å². The van der Waals surface area contributed by atoms with Crippen LogP contribution in [0.1, 0.15) is 32.5 Å². The lowest BCUT2D eigenvalue weighted by Crippen LogP contribution is -2.21. The number of carbonyl (C=O) groups excluding carboxylic acids is 2. The third-order valence-electron chi connectivity index (χ3n) is 2.25. The van der Waals surface area contributed by atoms with Gasteiger partial charge in [0.15, 0.2) is 0 Å². The van der Waals surface area contributed by atoms with Crippen LogP contribution in [0.25, 0.3) is 0 Å². The van der Waals surface area contributed by atoms with Crippen LogP contribution in [-0.2, 0) is 4.74 Å². The lowest BCUT2D eigenvalue weighted by atomic mass is 10.1. The minimum atomic E-state index is -0.475. The zero-order chi connectivity index (χ0) is 13.2. The van der Waals surface area contributed by atoms with Crippen molar-refractivity contribution >= 4 is 28.2 Å². The SMILES string of the molecule is CCOC(=O)c1c(N)sc(C(=O)N(C)C)c1C. The number of nitrogens with zero attached hydrogens (tertiary/aromatic N) is 1. The third-order valence-corrected chi connectivity index (χ3v) is 3.36. The van der Waals surface area contributed by atoms with Crippen molar-refractivity contribution in [3.63, 3.8) is 0 Å². The maximum absolute atomic E-state index is 11.8. The summed E-state index contributed by atoms with van der Waals surface area (Å²) in [5, 5.41) is 0.325. The number of anilines is 1. The van der Waals surface area contributed by atoms with Gasteiger partial charge < -0.3 is 15.4 Å². The lowest BCUT2D eigenvalue weighted by Gasteiger charge is -2.09. The highest BCUT2D eigenvalue weighted by Gasteiger charge is 2.24. The van der Waals surface area contributed by atoms with Gasteiger partial charge in [-0.1, -0.05) is 0 Å². The van der Waals surface area contributed by atoms with E-state index in [9.17, 15) is 9.59 Å². The van der Waals surface area contributed by atoms with E-state index in [2.05, 4.69) is 0 Å². The summed E-state index contributed by atoms with van der Waals surface area (Å²) in [5.41, 5.74) is 6.65. The first-order chi connectivity index (χ1) is 7.90. The fraction of sp³-hybridized carbons (Fsp3) is 0.455. The molecule has 0 aliphatic carbocycles. The molecule has 0 atom stereocenters. The van der Waals surface area contributed by atoms with Gasteiger partial charge in [-0.2, -0.15) is 0 Å². The van der Waals surface area contributed by atoms with E-state index in [1.165, 1.54) is 4.90 Å². The molecule has 1 heterocycles. The molecule has 6 heteroatoms. The second-order valence-corrected chi connectivity index (χ2v) is 4.77. The number of thiophene rings is 1. The minimum absolute atomic E-state index is 0.158. The van der Waals surface area contributed by atoms with Crippen LogP contribution in [0.4, 0.5) is 5.00 Å². The third kappa shape index (κ3) is 2.58. The van der Waals surface area contributed by atoms with E-state index in [0.717, 1.165) is 11.3 Å². The van der Waals surface area contributed by atoms with Crippen molar-refractivity contribution in [2.24, 2.45) is 0 Å². The lowest BCUT2D eigenvalue weighted by molar-refractivity contribution is 0.0527. The quantitative estimate of drug-likeness (QED) is 0.832. The van der Waals surface area contributed by atoms with Gasteiger partial charge in [0.25, 0.3) is 5.91 Å². The summed E-state index contributed by atoms with van der Waals surface area (Å²) in [6.45, 7) is 3.71. The van der Waals surface area contributed by atoms with E-state index >= 15 is 0 Å². The van der Waals surface area contributed by atoms with Crippen LogP contribution in [0.2, 0.25) is 0 Å². The Kier molecular flexibility index (Phi) is 4.11. The minimum Gasteiger partial charge on any atom is -0.462 e. The van der Waals surface area contributed by atoms with Crippen molar-refractivity contribution in [1.29, 1.82) is 0 Å². The van der Waals surface area contributed by atoms with E-state index in [1.54, 1.807) is 27.9 Å². The molecule has 0 radical (unpaired) electrons. The first-order valence-electron chi connectivity index (χ1n) is 5.17. The van der Waals surface area contributed by atoms with Crippen molar-refractivity contribution in [1.82, 2.24) is 4.90 Å². The van der Waals surface area contributed by atoms with Crippen molar-refractivity contribution < 1.29 is 14.3 Å². The van der Waals surface area contributed by atoms with E-state index in [1.807, 2.05) is 0 Å². The molecule has 0 saturated heterocycles. The Labute approximate surface area is 104 Å². The number of nitrogens with two attached hydrogens (primary N) is 1. The van der Waals surface area contributed by atoms with Crippen molar-refractivity contribution in [2.45, 2.75) is 13.8 Å². The van der Waals surface area contributed by atoms with Gasteiger partial charge in [-0.3, -0.25) is 4.79 Å². The van der Waals surface area contributed by atoms with Crippen LogP contribution in [0.15, 0.2) is 0 Å². The normalized spacial score (nSPS) is 10.1. The standard InChI is InChI=1S/C11H16N2O3S/c1-5-16-11(15)7-6(2)8(17-9(7)12)10(14)13(3)4/h5,12H2,1-4H3. The number of amides is 1. The van der Waals surface area contributed by atoms with Crippen LogP contribution in [0, 0.1) is 6.92 Å². The first kappa shape index (κ1) is 13.5. The second-order valence-electron chi connectivity index (χ2n) is 3.72. The number of rotatable bonds is 3. The fourth-order valence-corrected chi connectivity index (χ4v) is 2.48. The van der Waals surface area contributed by atoms with Crippen molar-refractivity contribution in [3.8, 4) is 0 Å². The van der Waals surface area contributed by atoms with Gasteiger partial charge in [-0.25, -0.2) is 4.79 Å². The molecule has 0 saturated carbocycles. The zero-order valence-corrected chi connectivity index (χ0v) is 11.2. The second kappa shape index (κ2) is 5.18. The summed E-state index contributed by atoms with van der Waals surface area (Å²) < 4.78 is 4.91. The number of carbonyl (C=O) groups is 2. The summed E-state index contributed by atoms with van der Waals surface area (Å²) in [4.78, 5) is 25.4. The van der Waals surface area contributed by atoms with Crippen molar-refractivity contribution in [3.05, 3.63) is 16.0 Å². The van der Waals surface area contributed by atoms with Crippen LogP contribution >= 0.6 is 11.3 Å².